The van der Waals surface area contributed by atoms with E-state index in [1.807, 2.05) is 42.8 Å². The molecule has 1 saturated carbocycles. The van der Waals surface area contributed by atoms with Crippen molar-refractivity contribution in [3.8, 4) is 6.07 Å². The lowest BCUT2D eigenvalue weighted by Gasteiger charge is -2.36. The van der Waals surface area contributed by atoms with Gasteiger partial charge in [-0.15, -0.1) is 34.2 Å². The summed E-state index contributed by atoms with van der Waals surface area (Å²) >= 11 is 0. The zero-order chi connectivity index (χ0) is 21.6. The molecule has 1 aliphatic carbocycles. The lowest BCUT2D eigenvalue weighted by atomic mass is 10.0. The largest absolute Gasteiger partial charge is 0.368 e. The molecule has 172 valence electrons. The average Bonchev–Trinajstić information content (AvgIpc) is 3.42. The van der Waals surface area contributed by atoms with Gasteiger partial charge in [-0.1, -0.05) is 25.0 Å². The van der Waals surface area contributed by atoms with Crippen LogP contribution in [-0.2, 0) is 13.6 Å². The number of rotatable bonds is 5. The van der Waals surface area contributed by atoms with Crippen LogP contribution in [0.2, 0.25) is 0 Å². The molecule has 8 nitrogen and oxygen atoms in total. The molecule has 9 heteroatoms. The molecule has 2 heterocycles. The topological polar surface area (TPSA) is 94.2 Å². The number of para-hydroxylation sites is 1. The summed E-state index contributed by atoms with van der Waals surface area (Å²) in [6.45, 7) is 4.27. The zero-order valence-corrected chi connectivity index (χ0v) is 21.2. The summed E-state index contributed by atoms with van der Waals surface area (Å²) in [4.78, 5) is 7.18. The van der Waals surface area contributed by atoms with Crippen molar-refractivity contribution in [2.75, 3.05) is 18.0 Å². The van der Waals surface area contributed by atoms with Crippen LogP contribution >= 0.6 is 24.0 Å². The third-order valence-electron chi connectivity index (χ3n) is 6.38. The number of nitrogens with one attached hydrogen (secondary N) is 2. The van der Waals surface area contributed by atoms with Gasteiger partial charge in [-0.25, -0.2) is 4.99 Å². The molecule has 32 heavy (non-hydrogen) atoms. The molecule has 1 atom stereocenters. The molecule has 1 aliphatic heterocycles. The Bertz CT molecular complexity index is 957. The van der Waals surface area contributed by atoms with Crippen LogP contribution in [0, 0.1) is 18.3 Å². The standard InChI is InChI=1S/C23H32N8.HI/c1-17-28-29-22(30(17)2)15-25-23(26-19-9-4-5-10-19)27-20-11-7-13-31(16-20)21-12-6-3-8-18(21)14-24;/h3,6,8,12,19-20H,4-5,7,9-11,13,15-16H2,1-2H3,(H2,25,26,27);1H. The Labute approximate surface area is 207 Å². The fourth-order valence-electron chi connectivity index (χ4n) is 4.49. The van der Waals surface area contributed by atoms with E-state index in [0.717, 1.165) is 54.8 Å². The number of nitrogens with zero attached hydrogens (tertiary/aromatic N) is 6. The average molecular weight is 548 g/mol. The molecule has 4 rings (SSSR count). The van der Waals surface area contributed by atoms with Crippen molar-refractivity contribution in [1.82, 2.24) is 25.4 Å². The summed E-state index contributed by atoms with van der Waals surface area (Å²) in [5, 5.41) is 25.2. The van der Waals surface area contributed by atoms with E-state index in [-0.39, 0.29) is 30.0 Å². The molecule has 2 fully saturated rings. The molecule has 1 aromatic heterocycles. The minimum atomic E-state index is 0. The van der Waals surface area contributed by atoms with E-state index >= 15 is 0 Å². The van der Waals surface area contributed by atoms with Gasteiger partial charge in [0.2, 0.25) is 0 Å². The first kappa shape index (κ1) is 24.3. The fraction of sp³-hybridized carbons (Fsp3) is 0.565. The quantitative estimate of drug-likeness (QED) is 0.339. The van der Waals surface area contributed by atoms with E-state index in [2.05, 4.69) is 31.8 Å². The smallest absolute Gasteiger partial charge is 0.192 e. The maximum Gasteiger partial charge on any atom is 0.192 e. The Morgan fingerprint density at radius 3 is 2.56 bits per heavy atom. The molecule has 2 N–H and O–H groups in total. The van der Waals surface area contributed by atoms with Gasteiger partial charge in [0.15, 0.2) is 11.8 Å². The highest BCUT2D eigenvalue weighted by Crippen LogP contribution is 2.24. The van der Waals surface area contributed by atoms with Crippen LogP contribution in [0.25, 0.3) is 0 Å². The third-order valence-corrected chi connectivity index (χ3v) is 6.38. The van der Waals surface area contributed by atoms with Gasteiger partial charge in [0.25, 0.3) is 0 Å². The van der Waals surface area contributed by atoms with E-state index in [0.29, 0.717) is 12.6 Å². The lowest BCUT2D eigenvalue weighted by Crippen LogP contribution is -2.53. The summed E-state index contributed by atoms with van der Waals surface area (Å²) in [5.74, 6) is 2.61. The van der Waals surface area contributed by atoms with Gasteiger partial charge in [0, 0.05) is 32.2 Å². The second-order valence-corrected chi connectivity index (χ2v) is 8.57. The Morgan fingerprint density at radius 1 is 1.12 bits per heavy atom. The Kier molecular flexibility index (Phi) is 8.73. The van der Waals surface area contributed by atoms with Crippen LogP contribution in [0.15, 0.2) is 29.3 Å². The lowest BCUT2D eigenvalue weighted by molar-refractivity contribution is 0.463. The van der Waals surface area contributed by atoms with Gasteiger partial charge in [-0.3, -0.25) is 0 Å². The highest BCUT2D eigenvalue weighted by atomic mass is 127. The van der Waals surface area contributed by atoms with Crippen molar-refractivity contribution in [1.29, 1.82) is 5.26 Å². The van der Waals surface area contributed by atoms with Gasteiger partial charge >= 0.3 is 0 Å². The monoisotopic (exact) mass is 548 g/mol. The van der Waals surface area contributed by atoms with Gasteiger partial charge < -0.3 is 20.1 Å². The molecule has 2 aromatic rings. The van der Waals surface area contributed by atoms with E-state index < -0.39 is 0 Å². The Balaban J connectivity index is 0.00000289. The number of piperidine rings is 1. The van der Waals surface area contributed by atoms with Crippen LogP contribution in [0.3, 0.4) is 0 Å². The minimum Gasteiger partial charge on any atom is -0.368 e. The fourth-order valence-corrected chi connectivity index (χ4v) is 4.49. The molecular formula is C23H33IN8. The van der Waals surface area contributed by atoms with Gasteiger partial charge in [-0.05, 0) is 44.7 Å². The highest BCUT2D eigenvalue weighted by molar-refractivity contribution is 14.0. The van der Waals surface area contributed by atoms with Crippen molar-refractivity contribution in [2.24, 2.45) is 12.0 Å². The molecule has 0 amide bonds. The summed E-state index contributed by atoms with van der Waals surface area (Å²) in [6.07, 6.45) is 7.09. The first-order chi connectivity index (χ1) is 15.1. The molecule has 2 aliphatic rings. The highest BCUT2D eigenvalue weighted by Gasteiger charge is 2.24. The van der Waals surface area contributed by atoms with E-state index in [1.165, 1.54) is 25.7 Å². The molecule has 0 radical (unpaired) electrons. The summed E-state index contributed by atoms with van der Waals surface area (Å²) < 4.78 is 1.98. The maximum atomic E-state index is 9.49. The SMILES string of the molecule is Cc1nnc(CN=C(NC2CCCC2)NC2CCCN(c3ccccc3C#N)C2)n1C.I. The zero-order valence-electron chi connectivity index (χ0n) is 18.9. The Morgan fingerprint density at radius 2 is 1.84 bits per heavy atom. The predicted molar refractivity (Wildman–Crippen MR) is 137 cm³/mol. The number of aliphatic imine (C=N–C) groups is 1. The van der Waals surface area contributed by atoms with Crippen LogP contribution in [0.1, 0.15) is 55.7 Å². The van der Waals surface area contributed by atoms with Crippen molar-refractivity contribution in [2.45, 2.75) is 64.1 Å². The predicted octanol–water partition coefficient (Wildman–Crippen LogP) is 3.26. The van der Waals surface area contributed by atoms with Crippen molar-refractivity contribution in [3.63, 3.8) is 0 Å². The van der Waals surface area contributed by atoms with Crippen molar-refractivity contribution in [3.05, 3.63) is 41.5 Å². The van der Waals surface area contributed by atoms with E-state index in [4.69, 9.17) is 4.99 Å². The number of guanidine groups is 1. The molecule has 1 saturated heterocycles. The van der Waals surface area contributed by atoms with Crippen LogP contribution in [-0.4, -0.2) is 45.9 Å². The van der Waals surface area contributed by atoms with E-state index in [9.17, 15) is 5.26 Å². The number of hydrogen-bond acceptors (Lipinski definition) is 5. The molecule has 1 unspecified atom stereocenters. The summed E-state index contributed by atoms with van der Waals surface area (Å²) in [5.41, 5.74) is 1.76. The molecule has 0 spiro atoms. The maximum absolute atomic E-state index is 9.49. The van der Waals surface area contributed by atoms with Gasteiger partial charge in [-0.2, -0.15) is 5.26 Å². The van der Waals surface area contributed by atoms with Crippen LogP contribution in [0.4, 0.5) is 5.69 Å². The van der Waals surface area contributed by atoms with Gasteiger partial charge in [0.1, 0.15) is 18.4 Å². The molecular weight excluding hydrogens is 515 g/mol. The van der Waals surface area contributed by atoms with Crippen LogP contribution < -0.4 is 15.5 Å². The third kappa shape index (κ3) is 5.91. The number of aromatic nitrogens is 3. The number of aryl methyl sites for hydroxylation is 1. The number of hydrogen-bond donors (Lipinski definition) is 2. The first-order valence-corrected chi connectivity index (χ1v) is 11.3. The number of halogens is 1. The molecule has 0 bridgehead atoms. The minimum absolute atomic E-state index is 0. The van der Waals surface area contributed by atoms with Crippen LogP contribution in [0.5, 0.6) is 0 Å². The summed E-state index contributed by atoms with van der Waals surface area (Å²) in [6, 6.07) is 10.9. The second-order valence-electron chi connectivity index (χ2n) is 8.57. The van der Waals surface area contributed by atoms with E-state index in [1.54, 1.807) is 0 Å². The summed E-state index contributed by atoms with van der Waals surface area (Å²) in [7, 11) is 1.98. The van der Waals surface area contributed by atoms with Crippen molar-refractivity contribution >= 4 is 35.6 Å². The number of nitriles is 1. The molecule has 1 aromatic carbocycles. The number of anilines is 1. The second kappa shape index (κ2) is 11.5. The Hall–Kier alpha value is -2.35. The normalized spacial score (nSPS) is 19.3. The first-order valence-electron chi connectivity index (χ1n) is 11.3. The number of benzene rings is 1. The van der Waals surface area contributed by atoms with Crippen molar-refractivity contribution < 1.29 is 0 Å². The van der Waals surface area contributed by atoms with Gasteiger partial charge in [0.05, 0.1) is 11.3 Å².